The minimum absolute atomic E-state index is 0.0814. The van der Waals surface area contributed by atoms with Gasteiger partial charge in [0, 0.05) is 16.8 Å². The van der Waals surface area contributed by atoms with Gasteiger partial charge in [0.1, 0.15) is 11.5 Å². The Bertz CT molecular complexity index is 894. The van der Waals surface area contributed by atoms with Crippen LogP contribution in [-0.2, 0) is 0 Å². The van der Waals surface area contributed by atoms with E-state index in [0.29, 0.717) is 33.9 Å². The smallest absolute Gasteiger partial charge is 0.259 e. The molecule has 0 saturated carbocycles. The first-order chi connectivity index (χ1) is 11.5. The molecule has 120 valence electrons. The lowest BCUT2D eigenvalue weighted by Gasteiger charge is -2.07. The number of benzene rings is 2. The molecule has 0 aliphatic heterocycles. The molecule has 3 rings (SSSR count). The fourth-order valence-electron chi connectivity index (χ4n) is 2.55. The quantitative estimate of drug-likeness (QED) is 0.726. The van der Waals surface area contributed by atoms with E-state index in [1.54, 1.807) is 56.3 Å². The Morgan fingerprint density at radius 2 is 1.58 bits per heavy atom. The Hall–Kier alpha value is -3.14. The van der Waals surface area contributed by atoms with Crippen LogP contribution >= 0.6 is 0 Å². The van der Waals surface area contributed by atoms with E-state index < -0.39 is 0 Å². The maximum atomic E-state index is 12.5. The van der Waals surface area contributed by atoms with E-state index in [-0.39, 0.29) is 11.7 Å². The summed E-state index contributed by atoms with van der Waals surface area (Å²) in [5, 5.41) is 2.81. The van der Waals surface area contributed by atoms with Gasteiger partial charge in [0.15, 0.2) is 5.78 Å². The number of hydrogen-bond donors (Lipinski definition) is 1. The summed E-state index contributed by atoms with van der Waals surface area (Å²) < 4.78 is 5.38. The van der Waals surface area contributed by atoms with Gasteiger partial charge < -0.3 is 9.73 Å². The third kappa shape index (κ3) is 3.27. The minimum atomic E-state index is -0.256. The van der Waals surface area contributed by atoms with Gasteiger partial charge in [0.05, 0.1) is 5.56 Å². The lowest BCUT2D eigenvalue weighted by atomic mass is 10.0. The average molecular weight is 319 g/mol. The van der Waals surface area contributed by atoms with Crippen LogP contribution in [0.3, 0.4) is 0 Å². The van der Waals surface area contributed by atoms with Crippen molar-refractivity contribution in [3.8, 4) is 0 Å². The molecule has 0 atom stereocenters. The molecule has 4 nitrogen and oxygen atoms in total. The highest BCUT2D eigenvalue weighted by molar-refractivity contribution is 6.10. The SMILES string of the molecule is Cc1cc(C(=O)Nc2cccc(C(=O)c3ccccc3)c2)c(C)o1. The normalized spacial score (nSPS) is 10.4. The second-order valence-electron chi connectivity index (χ2n) is 5.56. The molecule has 0 bridgehead atoms. The maximum Gasteiger partial charge on any atom is 0.259 e. The van der Waals surface area contributed by atoms with Crippen LogP contribution in [0.25, 0.3) is 0 Å². The number of rotatable bonds is 4. The van der Waals surface area contributed by atoms with Crippen LogP contribution in [0.1, 0.15) is 37.8 Å². The zero-order valence-electron chi connectivity index (χ0n) is 13.5. The Labute approximate surface area is 140 Å². The van der Waals surface area contributed by atoms with Gasteiger partial charge in [-0.05, 0) is 32.0 Å². The van der Waals surface area contributed by atoms with E-state index in [9.17, 15) is 9.59 Å². The first-order valence-corrected chi connectivity index (χ1v) is 7.63. The van der Waals surface area contributed by atoms with Crippen LogP contribution in [0.15, 0.2) is 65.1 Å². The van der Waals surface area contributed by atoms with Crippen LogP contribution in [0.2, 0.25) is 0 Å². The van der Waals surface area contributed by atoms with Crippen LogP contribution < -0.4 is 5.32 Å². The molecular weight excluding hydrogens is 302 g/mol. The summed E-state index contributed by atoms with van der Waals surface area (Å²) in [7, 11) is 0. The number of nitrogens with one attached hydrogen (secondary N) is 1. The summed E-state index contributed by atoms with van der Waals surface area (Å²) in [6.07, 6.45) is 0. The predicted molar refractivity (Wildman–Crippen MR) is 92.5 cm³/mol. The molecule has 0 fully saturated rings. The number of aryl methyl sites for hydroxylation is 2. The van der Waals surface area contributed by atoms with Crippen molar-refractivity contribution in [2.75, 3.05) is 5.32 Å². The molecule has 4 heteroatoms. The van der Waals surface area contributed by atoms with Gasteiger partial charge in [-0.1, -0.05) is 42.5 Å². The zero-order chi connectivity index (χ0) is 17.1. The molecule has 1 aromatic heterocycles. The number of furan rings is 1. The molecule has 0 unspecified atom stereocenters. The third-order valence-electron chi connectivity index (χ3n) is 3.70. The Morgan fingerprint density at radius 3 is 2.25 bits per heavy atom. The van der Waals surface area contributed by atoms with Crippen LogP contribution in [0.5, 0.6) is 0 Å². The van der Waals surface area contributed by atoms with Gasteiger partial charge in [0.25, 0.3) is 5.91 Å². The fraction of sp³-hybridized carbons (Fsp3) is 0.100. The van der Waals surface area contributed by atoms with Crippen molar-refractivity contribution in [1.29, 1.82) is 0 Å². The summed E-state index contributed by atoms with van der Waals surface area (Å²) in [6, 6.07) is 17.7. The Balaban J connectivity index is 1.82. The number of ketones is 1. The van der Waals surface area contributed by atoms with E-state index >= 15 is 0 Å². The second-order valence-corrected chi connectivity index (χ2v) is 5.56. The van der Waals surface area contributed by atoms with Crippen molar-refractivity contribution < 1.29 is 14.0 Å². The molecule has 0 aliphatic carbocycles. The van der Waals surface area contributed by atoms with E-state index in [1.807, 2.05) is 18.2 Å². The van der Waals surface area contributed by atoms with Gasteiger partial charge in [-0.3, -0.25) is 9.59 Å². The standard InChI is InChI=1S/C20H17NO3/c1-13-11-18(14(2)24-13)20(23)21-17-10-6-9-16(12-17)19(22)15-7-4-3-5-8-15/h3-12H,1-2H3,(H,21,23). The van der Waals surface area contributed by atoms with Gasteiger partial charge in [-0.15, -0.1) is 0 Å². The number of carbonyl (C=O) groups is 2. The van der Waals surface area contributed by atoms with Crippen LogP contribution in [0, 0.1) is 13.8 Å². The van der Waals surface area contributed by atoms with Gasteiger partial charge in [-0.2, -0.15) is 0 Å². The summed E-state index contributed by atoms with van der Waals surface area (Å²) in [5.41, 5.74) is 2.20. The molecule has 0 radical (unpaired) electrons. The summed E-state index contributed by atoms with van der Waals surface area (Å²) in [4.78, 5) is 24.8. The number of hydrogen-bond acceptors (Lipinski definition) is 3. The number of amides is 1. The summed E-state index contributed by atoms with van der Waals surface area (Å²) >= 11 is 0. The third-order valence-corrected chi connectivity index (χ3v) is 3.70. The molecule has 1 heterocycles. The average Bonchev–Trinajstić information content (AvgIpc) is 2.94. The highest BCUT2D eigenvalue weighted by atomic mass is 16.3. The molecule has 1 amide bonds. The van der Waals surface area contributed by atoms with Crippen molar-refractivity contribution in [3.63, 3.8) is 0 Å². The lowest BCUT2D eigenvalue weighted by Crippen LogP contribution is -2.12. The van der Waals surface area contributed by atoms with Crippen molar-refractivity contribution in [2.45, 2.75) is 13.8 Å². The molecule has 3 aromatic rings. The van der Waals surface area contributed by atoms with Crippen LogP contribution in [-0.4, -0.2) is 11.7 Å². The monoisotopic (exact) mass is 319 g/mol. The molecule has 0 saturated heterocycles. The van der Waals surface area contributed by atoms with E-state index in [1.165, 1.54) is 0 Å². The van der Waals surface area contributed by atoms with Gasteiger partial charge >= 0.3 is 0 Å². The van der Waals surface area contributed by atoms with Gasteiger partial charge in [-0.25, -0.2) is 0 Å². The topological polar surface area (TPSA) is 59.3 Å². The highest BCUT2D eigenvalue weighted by Crippen LogP contribution is 2.18. The molecule has 1 N–H and O–H groups in total. The molecule has 0 spiro atoms. The fourth-order valence-corrected chi connectivity index (χ4v) is 2.55. The minimum Gasteiger partial charge on any atom is -0.466 e. The first-order valence-electron chi connectivity index (χ1n) is 7.63. The Morgan fingerprint density at radius 1 is 0.875 bits per heavy atom. The second kappa shape index (κ2) is 6.54. The zero-order valence-corrected chi connectivity index (χ0v) is 13.5. The lowest BCUT2D eigenvalue weighted by molar-refractivity contribution is 0.102. The van der Waals surface area contributed by atoms with Crippen LogP contribution in [0.4, 0.5) is 5.69 Å². The van der Waals surface area contributed by atoms with Crippen molar-refractivity contribution in [2.24, 2.45) is 0 Å². The molecule has 0 aliphatic rings. The number of carbonyl (C=O) groups excluding carboxylic acids is 2. The number of anilines is 1. The molecule has 24 heavy (non-hydrogen) atoms. The summed E-state index contributed by atoms with van der Waals surface area (Å²) in [6.45, 7) is 3.54. The van der Waals surface area contributed by atoms with Crippen molar-refractivity contribution >= 4 is 17.4 Å². The summed E-state index contributed by atoms with van der Waals surface area (Å²) in [5.74, 6) is 0.919. The Kier molecular flexibility index (Phi) is 4.29. The van der Waals surface area contributed by atoms with Gasteiger partial charge in [0.2, 0.25) is 0 Å². The van der Waals surface area contributed by atoms with Crippen molar-refractivity contribution in [3.05, 3.63) is 88.9 Å². The largest absolute Gasteiger partial charge is 0.466 e. The molecular formula is C20H17NO3. The highest BCUT2D eigenvalue weighted by Gasteiger charge is 2.15. The van der Waals surface area contributed by atoms with E-state index in [0.717, 1.165) is 0 Å². The van der Waals surface area contributed by atoms with E-state index in [2.05, 4.69) is 5.32 Å². The predicted octanol–water partition coefficient (Wildman–Crippen LogP) is 4.38. The van der Waals surface area contributed by atoms with Crippen molar-refractivity contribution in [1.82, 2.24) is 0 Å². The molecule has 2 aromatic carbocycles. The first kappa shape index (κ1) is 15.7. The van der Waals surface area contributed by atoms with E-state index in [4.69, 9.17) is 4.42 Å². The maximum absolute atomic E-state index is 12.5.